The highest BCUT2D eigenvalue weighted by Gasteiger charge is 2.24. The number of hydrogen-bond acceptors (Lipinski definition) is 2. The van der Waals surface area contributed by atoms with Crippen LogP contribution in [0.25, 0.3) is 0 Å². The minimum atomic E-state index is 0.590. The summed E-state index contributed by atoms with van der Waals surface area (Å²) in [5.74, 6) is 0.946. The summed E-state index contributed by atoms with van der Waals surface area (Å²) in [5, 5.41) is 8.25. The molecule has 0 aromatic carbocycles. The number of nitrogens with zero attached hydrogens (tertiary/aromatic N) is 2. The van der Waals surface area contributed by atoms with Crippen molar-refractivity contribution in [2.45, 2.75) is 58.4 Å². The lowest BCUT2D eigenvalue weighted by Crippen LogP contribution is -2.35. The van der Waals surface area contributed by atoms with Crippen molar-refractivity contribution in [2.24, 2.45) is 13.0 Å². The van der Waals surface area contributed by atoms with E-state index in [9.17, 15) is 0 Å². The number of hydrogen-bond donors (Lipinski definition) is 1. The van der Waals surface area contributed by atoms with Crippen molar-refractivity contribution in [3.8, 4) is 0 Å². The Balaban J connectivity index is 2.04. The number of nitrogens with one attached hydrogen (secondary N) is 1. The van der Waals surface area contributed by atoms with Crippen LogP contribution < -0.4 is 5.32 Å². The summed E-state index contributed by atoms with van der Waals surface area (Å²) in [5.41, 5.74) is 2.51. The number of aryl methyl sites for hydroxylation is 2. The molecule has 3 nitrogen and oxygen atoms in total. The van der Waals surface area contributed by atoms with E-state index in [-0.39, 0.29) is 0 Å². The molecule has 1 aromatic rings. The van der Waals surface area contributed by atoms with E-state index in [0.717, 1.165) is 25.3 Å². The van der Waals surface area contributed by atoms with Gasteiger partial charge in [0.1, 0.15) is 0 Å². The molecule has 0 aliphatic heterocycles. The van der Waals surface area contributed by atoms with E-state index < -0.39 is 0 Å². The Hall–Kier alpha value is -0.350. The van der Waals surface area contributed by atoms with Gasteiger partial charge in [0.25, 0.3) is 0 Å². The topological polar surface area (TPSA) is 29.9 Å². The predicted molar refractivity (Wildman–Crippen MR) is 83.4 cm³/mol. The first-order chi connectivity index (χ1) is 9.15. The fourth-order valence-electron chi connectivity index (χ4n) is 2.93. The van der Waals surface area contributed by atoms with E-state index in [0.29, 0.717) is 6.04 Å². The van der Waals surface area contributed by atoms with Gasteiger partial charge in [0.05, 0.1) is 15.9 Å². The Morgan fingerprint density at radius 3 is 2.63 bits per heavy atom. The lowest BCUT2D eigenvalue weighted by molar-refractivity contribution is 0.259. The summed E-state index contributed by atoms with van der Waals surface area (Å²) in [6.45, 7) is 5.41. The van der Waals surface area contributed by atoms with Gasteiger partial charge in [-0.2, -0.15) is 5.10 Å². The highest BCUT2D eigenvalue weighted by atomic mass is 79.9. The van der Waals surface area contributed by atoms with Crippen LogP contribution in [0.2, 0.25) is 0 Å². The third kappa shape index (κ3) is 3.60. The van der Waals surface area contributed by atoms with Crippen molar-refractivity contribution in [1.82, 2.24) is 15.1 Å². The molecule has 1 atom stereocenters. The Bertz CT molecular complexity index is 410. The summed E-state index contributed by atoms with van der Waals surface area (Å²) in [6.07, 6.45) is 7.66. The molecular weight excluding hydrogens is 302 g/mol. The quantitative estimate of drug-likeness (QED) is 0.831. The van der Waals surface area contributed by atoms with Crippen LogP contribution in [-0.2, 0) is 19.9 Å². The standard InChI is InChI=1S/C15H26BrN3/c1-4-13-15(16)14(19(3)18-13)10-12(17-5-2)9-11-7-6-8-11/h11-12,17H,4-10H2,1-3H3. The third-order valence-corrected chi connectivity index (χ3v) is 5.19. The zero-order chi connectivity index (χ0) is 13.8. The second-order valence-electron chi connectivity index (χ2n) is 5.68. The van der Waals surface area contributed by atoms with Crippen molar-refractivity contribution in [2.75, 3.05) is 6.54 Å². The third-order valence-electron chi connectivity index (χ3n) is 4.28. The number of aromatic nitrogens is 2. The van der Waals surface area contributed by atoms with Crippen molar-refractivity contribution >= 4 is 15.9 Å². The molecule has 0 amide bonds. The largest absolute Gasteiger partial charge is 0.314 e. The summed E-state index contributed by atoms with van der Waals surface area (Å²) in [7, 11) is 2.06. The number of rotatable bonds is 7. The van der Waals surface area contributed by atoms with Crippen molar-refractivity contribution in [3.05, 3.63) is 15.9 Å². The lowest BCUT2D eigenvalue weighted by Gasteiger charge is -2.30. The molecule has 1 saturated carbocycles. The molecule has 0 spiro atoms. The SMILES string of the molecule is CCNC(Cc1c(Br)c(CC)nn1C)CC1CCC1. The average Bonchev–Trinajstić information content (AvgIpc) is 2.61. The van der Waals surface area contributed by atoms with E-state index in [1.165, 1.54) is 41.5 Å². The van der Waals surface area contributed by atoms with Crippen LogP contribution in [0.3, 0.4) is 0 Å². The molecule has 4 heteroatoms. The van der Waals surface area contributed by atoms with Gasteiger partial charge in [-0.3, -0.25) is 4.68 Å². The van der Waals surface area contributed by atoms with Crippen molar-refractivity contribution < 1.29 is 0 Å². The van der Waals surface area contributed by atoms with E-state index in [4.69, 9.17) is 0 Å². The first-order valence-electron chi connectivity index (χ1n) is 7.59. The molecule has 1 aromatic heterocycles. The first kappa shape index (κ1) is 15.0. The van der Waals surface area contributed by atoms with Gasteiger partial charge in [0.2, 0.25) is 0 Å². The average molecular weight is 328 g/mol. The molecule has 0 radical (unpaired) electrons. The van der Waals surface area contributed by atoms with Gasteiger partial charge >= 0.3 is 0 Å². The zero-order valence-electron chi connectivity index (χ0n) is 12.4. The summed E-state index contributed by atoms with van der Waals surface area (Å²) < 4.78 is 3.27. The van der Waals surface area contributed by atoms with Gasteiger partial charge in [0, 0.05) is 19.5 Å². The Morgan fingerprint density at radius 1 is 1.42 bits per heavy atom. The molecule has 1 N–H and O–H groups in total. The van der Waals surface area contributed by atoms with Gasteiger partial charge in [-0.1, -0.05) is 33.1 Å². The molecular formula is C15H26BrN3. The van der Waals surface area contributed by atoms with E-state index in [1.807, 2.05) is 4.68 Å². The Morgan fingerprint density at radius 2 is 2.16 bits per heavy atom. The van der Waals surface area contributed by atoms with Crippen molar-refractivity contribution in [3.63, 3.8) is 0 Å². The molecule has 1 fully saturated rings. The van der Waals surface area contributed by atoms with Gasteiger partial charge in [0.15, 0.2) is 0 Å². The van der Waals surface area contributed by atoms with Crippen LogP contribution in [-0.4, -0.2) is 22.4 Å². The summed E-state index contributed by atoms with van der Waals surface area (Å²) in [4.78, 5) is 0. The van der Waals surface area contributed by atoms with E-state index in [2.05, 4.69) is 47.2 Å². The number of likely N-dealkylation sites (N-methyl/N-ethyl adjacent to an activating group) is 1. The van der Waals surface area contributed by atoms with Crippen LogP contribution >= 0.6 is 15.9 Å². The normalized spacial score (nSPS) is 17.5. The van der Waals surface area contributed by atoms with E-state index in [1.54, 1.807) is 0 Å². The van der Waals surface area contributed by atoms with Gasteiger partial charge < -0.3 is 5.32 Å². The molecule has 1 heterocycles. The van der Waals surface area contributed by atoms with Gasteiger partial charge in [-0.15, -0.1) is 0 Å². The monoisotopic (exact) mass is 327 g/mol. The predicted octanol–water partition coefficient (Wildman–Crippen LogP) is 3.46. The molecule has 1 unspecified atom stereocenters. The maximum absolute atomic E-state index is 4.60. The van der Waals surface area contributed by atoms with Gasteiger partial charge in [-0.25, -0.2) is 0 Å². The summed E-state index contributed by atoms with van der Waals surface area (Å²) in [6, 6.07) is 0.590. The van der Waals surface area contributed by atoms with E-state index >= 15 is 0 Å². The van der Waals surface area contributed by atoms with Crippen LogP contribution in [0.5, 0.6) is 0 Å². The van der Waals surface area contributed by atoms with Gasteiger partial charge in [-0.05, 0) is 41.2 Å². The fourth-order valence-corrected chi connectivity index (χ4v) is 3.71. The molecule has 0 saturated heterocycles. The first-order valence-corrected chi connectivity index (χ1v) is 8.38. The lowest BCUT2D eigenvalue weighted by atomic mass is 9.80. The van der Waals surface area contributed by atoms with Crippen LogP contribution in [0.1, 0.15) is 50.9 Å². The maximum Gasteiger partial charge on any atom is 0.0766 e. The molecule has 108 valence electrons. The minimum Gasteiger partial charge on any atom is -0.314 e. The highest BCUT2D eigenvalue weighted by Crippen LogP contribution is 2.32. The maximum atomic E-state index is 4.60. The zero-order valence-corrected chi connectivity index (χ0v) is 14.0. The Kier molecular flexibility index (Phi) is 5.46. The second kappa shape index (κ2) is 6.89. The molecule has 0 bridgehead atoms. The van der Waals surface area contributed by atoms with Crippen molar-refractivity contribution in [1.29, 1.82) is 0 Å². The minimum absolute atomic E-state index is 0.590. The number of halogens is 1. The molecule has 19 heavy (non-hydrogen) atoms. The molecule has 2 rings (SSSR count). The van der Waals surface area contributed by atoms with Crippen LogP contribution in [0, 0.1) is 5.92 Å². The van der Waals surface area contributed by atoms with Crippen LogP contribution in [0.4, 0.5) is 0 Å². The van der Waals surface area contributed by atoms with Crippen LogP contribution in [0.15, 0.2) is 4.47 Å². The molecule has 1 aliphatic rings. The highest BCUT2D eigenvalue weighted by molar-refractivity contribution is 9.10. The fraction of sp³-hybridized carbons (Fsp3) is 0.800. The second-order valence-corrected chi connectivity index (χ2v) is 6.47. The summed E-state index contributed by atoms with van der Waals surface area (Å²) >= 11 is 3.73. The molecule has 1 aliphatic carbocycles. The Labute approximate surface area is 125 Å². The smallest absolute Gasteiger partial charge is 0.0766 e.